The molecule has 6 heteroatoms. The van der Waals surface area contributed by atoms with E-state index in [4.69, 9.17) is 0 Å². The second kappa shape index (κ2) is 5.44. The fourth-order valence-electron chi connectivity index (χ4n) is 2.31. The van der Waals surface area contributed by atoms with Crippen LogP contribution in [0, 0.1) is 11.2 Å². The topological polar surface area (TPSA) is 81.9 Å². The van der Waals surface area contributed by atoms with Crippen LogP contribution in [0.1, 0.15) is 44.5 Å². The van der Waals surface area contributed by atoms with E-state index < -0.39 is 24.1 Å². The largest absolute Gasteiger partial charge is 0.480 e. The lowest BCUT2D eigenvalue weighted by Crippen LogP contribution is -2.43. The summed E-state index contributed by atoms with van der Waals surface area (Å²) < 4.78 is 13.3. The lowest BCUT2D eigenvalue weighted by molar-refractivity contribution is -0.139. The van der Waals surface area contributed by atoms with Gasteiger partial charge in [0, 0.05) is 11.1 Å². The van der Waals surface area contributed by atoms with E-state index in [0.717, 1.165) is 0 Å². The first-order chi connectivity index (χ1) is 9.67. The van der Waals surface area contributed by atoms with E-state index in [1.807, 2.05) is 20.8 Å². The van der Waals surface area contributed by atoms with Crippen molar-refractivity contribution < 1.29 is 19.4 Å². The third-order valence-electron chi connectivity index (χ3n) is 3.23. The number of aliphatic imine (C=N–C) groups is 1. The Labute approximate surface area is 122 Å². The molecule has 2 unspecified atom stereocenters. The fourth-order valence-corrected chi connectivity index (χ4v) is 2.31. The SMILES string of the molecule is CC(C)(C)CC(NC1=NC(O)c2ccc(F)cc21)C(=O)O. The van der Waals surface area contributed by atoms with Gasteiger partial charge in [-0.15, -0.1) is 0 Å². The Kier molecular flexibility index (Phi) is 4.00. The van der Waals surface area contributed by atoms with Crippen LogP contribution in [0.25, 0.3) is 0 Å². The average molecular weight is 294 g/mol. The van der Waals surface area contributed by atoms with E-state index in [-0.39, 0.29) is 11.3 Å². The molecular weight excluding hydrogens is 275 g/mol. The monoisotopic (exact) mass is 294 g/mol. The Balaban J connectivity index is 2.25. The number of carboxylic acid groups (broad SMARTS) is 1. The van der Waals surface area contributed by atoms with Crippen LogP contribution in [0.15, 0.2) is 23.2 Å². The summed E-state index contributed by atoms with van der Waals surface area (Å²) in [5.74, 6) is -1.25. The number of benzene rings is 1. The van der Waals surface area contributed by atoms with E-state index in [1.165, 1.54) is 18.2 Å². The van der Waals surface area contributed by atoms with Crippen molar-refractivity contribution in [2.45, 2.75) is 39.5 Å². The van der Waals surface area contributed by atoms with Crippen LogP contribution < -0.4 is 5.32 Å². The van der Waals surface area contributed by atoms with Gasteiger partial charge in [-0.05, 0) is 24.0 Å². The quantitative estimate of drug-likeness (QED) is 0.797. The first kappa shape index (κ1) is 15.4. The van der Waals surface area contributed by atoms with Gasteiger partial charge in [-0.3, -0.25) is 0 Å². The Hall–Kier alpha value is -1.95. The maximum absolute atomic E-state index is 13.3. The zero-order chi connectivity index (χ0) is 15.8. The van der Waals surface area contributed by atoms with Gasteiger partial charge in [0.25, 0.3) is 0 Å². The van der Waals surface area contributed by atoms with Gasteiger partial charge in [-0.25, -0.2) is 14.2 Å². The van der Waals surface area contributed by atoms with Gasteiger partial charge in [0.15, 0.2) is 6.23 Å². The van der Waals surface area contributed by atoms with Gasteiger partial charge in [0.2, 0.25) is 0 Å². The molecule has 0 aliphatic carbocycles. The van der Waals surface area contributed by atoms with E-state index >= 15 is 0 Å². The van der Waals surface area contributed by atoms with Crippen molar-refractivity contribution >= 4 is 11.8 Å². The minimum Gasteiger partial charge on any atom is -0.480 e. The molecule has 21 heavy (non-hydrogen) atoms. The molecule has 0 saturated carbocycles. The Morgan fingerprint density at radius 1 is 1.48 bits per heavy atom. The molecule has 1 aliphatic rings. The molecule has 0 aromatic heterocycles. The molecule has 3 N–H and O–H groups in total. The van der Waals surface area contributed by atoms with Crippen molar-refractivity contribution in [2.75, 3.05) is 0 Å². The van der Waals surface area contributed by atoms with Crippen LogP contribution in [0.3, 0.4) is 0 Å². The molecule has 2 rings (SSSR count). The van der Waals surface area contributed by atoms with Crippen LogP contribution >= 0.6 is 0 Å². The normalized spacial score (nSPS) is 18.9. The Morgan fingerprint density at radius 2 is 2.14 bits per heavy atom. The number of fused-ring (bicyclic) bond motifs is 1. The molecule has 0 radical (unpaired) electrons. The number of nitrogens with zero attached hydrogens (tertiary/aromatic N) is 1. The molecule has 1 aromatic rings. The third-order valence-corrected chi connectivity index (χ3v) is 3.23. The third kappa shape index (κ3) is 3.58. The van der Waals surface area contributed by atoms with Crippen LogP contribution in [-0.4, -0.2) is 28.1 Å². The molecule has 114 valence electrons. The van der Waals surface area contributed by atoms with Crippen molar-refractivity contribution in [1.82, 2.24) is 5.32 Å². The standard InChI is InChI=1S/C15H19FN2O3/c1-15(2,3)7-11(14(20)21)17-12-10-6-8(16)4-5-9(10)13(19)18-12/h4-6,11,13,19H,7H2,1-3H3,(H,17,18)(H,20,21). The number of amidine groups is 1. The molecule has 0 fully saturated rings. The minimum atomic E-state index is -1.09. The number of hydrogen-bond acceptors (Lipinski definition) is 4. The van der Waals surface area contributed by atoms with Crippen LogP contribution in [0.5, 0.6) is 0 Å². The molecule has 0 bridgehead atoms. The maximum atomic E-state index is 13.3. The fraction of sp³-hybridized carbons (Fsp3) is 0.467. The van der Waals surface area contributed by atoms with E-state index in [2.05, 4.69) is 10.3 Å². The van der Waals surface area contributed by atoms with Gasteiger partial charge >= 0.3 is 5.97 Å². The predicted octanol–water partition coefficient (Wildman–Crippen LogP) is 2.06. The summed E-state index contributed by atoms with van der Waals surface area (Å²) in [6.07, 6.45) is -0.713. The zero-order valence-corrected chi connectivity index (χ0v) is 12.2. The van der Waals surface area contributed by atoms with Gasteiger partial charge in [0.1, 0.15) is 17.7 Å². The molecule has 1 aromatic carbocycles. The zero-order valence-electron chi connectivity index (χ0n) is 12.2. The molecule has 0 amide bonds. The van der Waals surface area contributed by atoms with Crippen molar-refractivity contribution in [3.63, 3.8) is 0 Å². The number of nitrogens with one attached hydrogen (secondary N) is 1. The van der Waals surface area contributed by atoms with Crippen molar-refractivity contribution in [3.05, 3.63) is 35.1 Å². The number of carbonyl (C=O) groups is 1. The summed E-state index contributed by atoms with van der Waals surface area (Å²) >= 11 is 0. The molecule has 5 nitrogen and oxygen atoms in total. The molecule has 1 aliphatic heterocycles. The molecule has 0 spiro atoms. The predicted molar refractivity (Wildman–Crippen MR) is 76.5 cm³/mol. The molecule has 2 atom stereocenters. The Bertz CT molecular complexity index is 593. The molecular formula is C15H19FN2O3. The summed E-state index contributed by atoms with van der Waals surface area (Å²) in [7, 11) is 0. The summed E-state index contributed by atoms with van der Waals surface area (Å²) in [6, 6.07) is 3.08. The highest BCUT2D eigenvalue weighted by molar-refractivity contribution is 6.03. The number of halogens is 1. The second-order valence-electron chi connectivity index (χ2n) is 6.38. The number of hydrogen-bond donors (Lipinski definition) is 3. The summed E-state index contributed by atoms with van der Waals surface area (Å²) in [5.41, 5.74) is 0.681. The first-order valence-corrected chi connectivity index (χ1v) is 6.72. The van der Waals surface area contributed by atoms with E-state index in [0.29, 0.717) is 17.5 Å². The van der Waals surface area contributed by atoms with Gasteiger partial charge in [0.05, 0.1) is 0 Å². The number of carboxylic acids is 1. The smallest absolute Gasteiger partial charge is 0.326 e. The van der Waals surface area contributed by atoms with Crippen LogP contribution in [0.4, 0.5) is 4.39 Å². The van der Waals surface area contributed by atoms with Crippen LogP contribution in [0.2, 0.25) is 0 Å². The minimum absolute atomic E-state index is 0.196. The van der Waals surface area contributed by atoms with Gasteiger partial charge in [-0.2, -0.15) is 0 Å². The van der Waals surface area contributed by atoms with Crippen molar-refractivity contribution in [3.8, 4) is 0 Å². The first-order valence-electron chi connectivity index (χ1n) is 6.72. The molecule has 1 heterocycles. The lowest BCUT2D eigenvalue weighted by Gasteiger charge is -2.24. The second-order valence-corrected chi connectivity index (χ2v) is 6.38. The van der Waals surface area contributed by atoms with Crippen LogP contribution in [-0.2, 0) is 4.79 Å². The molecule has 0 saturated heterocycles. The van der Waals surface area contributed by atoms with E-state index in [1.54, 1.807) is 0 Å². The average Bonchev–Trinajstić information content (AvgIpc) is 2.63. The number of aliphatic hydroxyl groups excluding tert-OH is 1. The van der Waals surface area contributed by atoms with Gasteiger partial charge < -0.3 is 15.5 Å². The highest BCUT2D eigenvalue weighted by atomic mass is 19.1. The lowest BCUT2D eigenvalue weighted by atomic mass is 9.88. The van der Waals surface area contributed by atoms with Gasteiger partial charge in [-0.1, -0.05) is 26.8 Å². The van der Waals surface area contributed by atoms with Crippen molar-refractivity contribution in [1.29, 1.82) is 0 Å². The Morgan fingerprint density at radius 3 is 2.71 bits per heavy atom. The number of rotatable bonds is 3. The number of aliphatic carboxylic acids is 1. The maximum Gasteiger partial charge on any atom is 0.326 e. The summed E-state index contributed by atoms with van der Waals surface area (Å²) in [4.78, 5) is 15.4. The summed E-state index contributed by atoms with van der Waals surface area (Å²) in [6.45, 7) is 5.80. The highest BCUT2D eigenvalue weighted by Crippen LogP contribution is 2.28. The van der Waals surface area contributed by atoms with E-state index in [9.17, 15) is 19.4 Å². The van der Waals surface area contributed by atoms with Crippen molar-refractivity contribution in [2.24, 2.45) is 10.4 Å². The highest BCUT2D eigenvalue weighted by Gasteiger charge is 2.30. The number of aliphatic hydroxyl groups is 1. The summed E-state index contributed by atoms with van der Waals surface area (Å²) in [5, 5.41) is 22.0.